The first-order chi connectivity index (χ1) is 6.09. The zero-order chi connectivity index (χ0) is 9.84. The Kier molecular flexibility index (Phi) is 3.88. The minimum atomic E-state index is -0.308. The largest absolute Gasteiger partial charge is 0.393 e. The molecule has 72 valence electrons. The maximum absolute atomic E-state index is 12.7. The Morgan fingerprint density at radius 1 is 1.54 bits per heavy atom. The van der Waals surface area contributed by atoms with Crippen LogP contribution in [0.1, 0.15) is 18.9 Å². The van der Waals surface area contributed by atoms with Crippen molar-refractivity contribution in [3.63, 3.8) is 0 Å². The molecule has 0 aromatic heterocycles. The molecule has 1 aromatic rings. The molecule has 0 amide bonds. The number of benzene rings is 1. The average Bonchev–Trinajstić information content (AvgIpc) is 2.02. The smallest absolute Gasteiger partial charge is 0.124 e. The lowest BCUT2D eigenvalue weighted by Gasteiger charge is -2.06. The van der Waals surface area contributed by atoms with E-state index in [0.29, 0.717) is 6.42 Å². The molecule has 0 bridgehead atoms. The standard InChI is InChI=1S/C10H12BrFO/c1-7(13)2-3-8-4-5-9(12)6-10(8)11/h4-7,13H,2-3H2,1H3. The van der Waals surface area contributed by atoms with Gasteiger partial charge in [-0.1, -0.05) is 22.0 Å². The van der Waals surface area contributed by atoms with E-state index in [2.05, 4.69) is 15.9 Å². The third kappa shape index (κ3) is 3.44. The van der Waals surface area contributed by atoms with Gasteiger partial charge in [0, 0.05) is 4.47 Å². The van der Waals surface area contributed by atoms with E-state index in [4.69, 9.17) is 5.11 Å². The van der Waals surface area contributed by atoms with Gasteiger partial charge in [0.1, 0.15) is 5.82 Å². The summed E-state index contributed by atoms with van der Waals surface area (Å²) in [5.74, 6) is -0.243. The van der Waals surface area contributed by atoms with E-state index in [0.717, 1.165) is 16.5 Å². The molecule has 0 spiro atoms. The molecule has 0 saturated carbocycles. The van der Waals surface area contributed by atoms with Crippen LogP contribution in [0.4, 0.5) is 4.39 Å². The highest BCUT2D eigenvalue weighted by atomic mass is 79.9. The van der Waals surface area contributed by atoms with Gasteiger partial charge in [-0.05, 0) is 37.5 Å². The molecule has 1 rings (SSSR count). The lowest BCUT2D eigenvalue weighted by molar-refractivity contribution is 0.185. The average molecular weight is 247 g/mol. The lowest BCUT2D eigenvalue weighted by atomic mass is 10.1. The molecular weight excluding hydrogens is 235 g/mol. The van der Waals surface area contributed by atoms with Gasteiger partial charge in [0.2, 0.25) is 0 Å². The second-order valence-electron chi connectivity index (χ2n) is 3.12. The Morgan fingerprint density at radius 3 is 2.77 bits per heavy atom. The molecule has 1 nitrogen and oxygen atoms in total. The van der Waals surface area contributed by atoms with Crippen molar-refractivity contribution in [2.45, 2.75) is 25.9 Å². The summed E-state index contributed by atoms with van der Waals surface area (Å²) in [6.07, 6.45) is 1.15. The fraction of sp³-hybridized carbons (Fsp3) is 0.400. The van der Waals surface area contributed by atoms with Crippen LogP contribution < -0.4 is 0 Å². The van der Waals surface area contributed by atoms with Gasteiger partial charge < -0.3 is 5.11 Å². The van der Waals surface area contributed by atoms with E-state index in [1.807, 2.05) is 0 Å². The summed E-state index contributed by atoms with van der Waals surface area (Å²) in [6.45, 7) is 1.75. The van der Waals surface area contributed by atoms with Crippen LogP contribution in [0.15, 0.2) is 22.7 Å². The second kappa shape index (κ2) is 4.72. The number of rotatable bonds is 3. The summed E-state index contributed by atoms with van der Waals surface area (Å²) < 4.78 is 13.4. The third-order valence-corrected chi connectivity index (χ3v) is 2.58. The van der Waals surface area contributed by atoms with Crippen LogP contribution in [0.5, 0.6) is 0 Å². The second-order valence-corrected chi connectivity index (χ2v) is 3.98. The van der Waals surface area contributed by atoms with Crippen LogP contribution in [0.25, 0.3) is 0 Å². The highest BCUT2D eigenvalue weighted by Crippen LogP contribution is 2.19. The zero-order valence-electron chi connectivity index (χ0n) is 7.43. The van der Waals surface area contributed by atoms with E-state index in [1.54, 1.807) is 13.0 Å². The highest BCUT2D eigenvalue weighted by Gasteiger charge is 2.03. The predicted molar refractivity (Wildman–Crippen MR) is 54.1 cm³/mol. The molecule has 1 unspecified atom stereocenters. The molecule has 1 aromatic carbocycles. The van der Waals surface area contributed by atoms with Gasteiger partial charge in [-0.25, -0.2) is 4.39 Å². The highest BCUT2D eigenvalue weighted by molar-refractivity contribution is 9.10. The van der Waals surface area contributed by atoms with Crippen LogP contribution >= 0.6 is 15.9 Å². The molecule has 0 aliphatic carbocycles. The third-order valence-electron chi connectivity index (χ3n) is 1.85. The first-order valence-corrected chi connectivity index (χ1v) is 5.01. The SMILES string of the molecule is CC(O)CCc1ccc(F)cc1Br. The molecule has 0 saturated heterocycles. The minimum Gasteiger partial charge on any atom is -0.393 e. The minimum absolute atomic E-state index is 0.243. The number of halogens is 2. The molecule has 0 aliphatic rings. The fourth-order valence-corrected chi connectivity index (χ4v) is 1.64. The van der Waals surface area contributed by atoms with Crippen LogP contribution in [0.2, 0.25) is 0 Å². The predicted octanol–water partition coefficient (Wildman–Crippen LogP) is 2.90. The molecule has 0 radical (unpaired) electrons. The molecule has 1 atom stereocenters. The summed E-state index contributed by atoms with van der Waals surface area (Å²) in [5, 5.41) is 9.07. The fourth-order valence-electron chi connectivity index (χ4n) is 1.09. The number of aryl methyl sites for hydroxylation is 1. The molecular formula is C10H12BrFO. The van der Waals surface area contributed by atoms with Crippen molar-refractivity contribution in [1.29, 1.82) is 0 Å². The van der Waals surface area contributed by atoms with Crippen LogP contribution in [-0.2, 0) is 6.42 Å². The van der Waals surface area contributed by atoms with Gasteiger partial charge in [0.05, 0.1) is 6.10 Å². The van der Waals surface area contributed by atoms with Crippen molar-refractivity contribution < 1.29 is 9.50 Å². The summed E-state index contributed by atoms with van der Waals surface area (Å²) in [7, 11) is 0. The van der Waals surface area contributed by atoms with E-state index < -0.39 is 0 Å². The molecule has 0 fully saturated rings. The van der Waals surface area contributed by atoms with Crippen LogP contribution in [-0.4, -0.2) is 11.2 Å². The monoisotopic (exact) mass is 246 g/mol. The topological polar surface area (TPSA) is 20.2 Å². The number of hydrogen-bond donors (Lipinski definition) is 1. The van der Waals surface area contributed by atoms with E-state index in [9.17, 15) is 4.39 Å². The van der Waals surface area contributed by atoms with Gasteiger partial charge in [0.15, 0.2) is 0 Å². The van der Waals surface area contributed by atoms with Crippen molar-refractivity contribution in [3.8, 4) is 0 Å². The summed E-state index contributed by atoms with van der Waals surface area (Å²) in [4.78, 5) is 0. The summed E-state index contributed by atoms with van der Waals surface area (Å²) in [5.41, 5.74) is 1.03. The Hall–Kier alpha value is -0.410. The van der Waals surface area contributed by atoms with Crippen molar-refractivity contribution in [3.05, 3.63) is 34.1 Å². The van der Waals surface area contributed by atoms with Gasteiger partial charge >= 0.3 is 0 Å². The van der Waals surface area contributed by atoms with Crippen molar-refractivity contribution in [1.82, 2.24) is 0 Å². The van der Waals surface area contributed by atoms with E-state index in [-0.39, 0.29) is 11.9 Å². The normalized spacial score (nSPS) is 12.9. The Balaban J connectivity index is 2.67. The van der Waals surface area contributed by atoms with Crippen molar-refractivity contribution >= 4 is 15.9 Å². The van der Waals surface area contributed by atoms with Gasteiger partial charge in [-0.2, -0.15) is 0 Å². The lowest BCUT2D eigenvalue weighted by Crippen LogP contribution is -2.01. The first-order valence-electron chi connectivity index (χ1n) is 4.21. The maximum atomic E-state index is 12.7. The van der Waals surface area contributed by atoms with E-state index >= 15 is 0 Å². The maximum Gasteiger partial charge on any atom is 0.124 e. The Morgan fingerprint density at radius 2 is 2.23 bits per heavy atom. The van der Waals surface area contributed by atoms with Crippen LogP contribution in [0.3, 0.4) is 0 Å². The number of aliphatic hydroxyl groups is 1. The summed E-state index contributed by atoms with van der Waals surface area (Å²) in [6, 6.07) is 4.61. The van der Waals surface area contributed by atoms with Crippen LogP contribution in [0, 0.1) is 5.82 Å². The van der Waals surface area contributed by atoms with Crippen molar-refractivity contribution in [2.24, 2.45) is 0 Å². The molecule has 3 heteroatoms. The Labute approximate surface area is 85.7 Å². The quantitative estimate of drug-likeness (QED) is 0.870. The summed E-state index contributed by atoms with van der Waals surface area (Å²) >= 11 is 3.28. The number of aliphatic hydroxyl groups excluding tert-OH is 1. The number of hydrogen-bond acceptors (Lipinski definition) is 1. The Bertz CT molecular complexity index is 286. The first kappa shape index (κ1) is 10.7. The van der Waals surface area contributed by atoms with Gasteiger partial charge in [0.25, 0.3) is 0 Å². The molecule has 0 aliphatic heterocycles. The van der Waals surface area contributed by atoms with E-state index in [1.165, 1.54) is 12.1 Å². The zero-order valence-corrected chi connectivity index (χ0v) is 9.01. The van der Waals surface area contributed by atoms with Gasteiger partial charge in [-0.3, -0.25) is 0 Å². The molecule has 13 heavy (non-hydrogen) atoms. The van der Waals surface area contributed by atoms with Gasteiger partial charge in [-0.15, -0.1) is 0 Å². The molecule has 0 heterocycles. The molecule has 1 N–H and O–H groups in total. The van der Waals surface area contributed by atoms with Crippen molar-refractivity contribution in [2.75, 3.05) is 0 Å².